The van der Waals surface area contributed by atoms with E-state index in [1.807, 2.05) is 0 Å². The first kappa shape index (κ1) is 12.3. The molecule has 94 valence electrons. The standard InChI is InChI=1S/C13H12F2N2O/c1-8(9-3-2-6-17-7-9)18-13-11(16)5-4-10(14)12(13)15/h2-8H,16H2,1H3. The predicted octanol–water partition coefficient (Wildman–Crippen LogP) is 3.08. The van der Waals surface area contributed by atoms with Crippen molar-refractivity contribution in [1.29, 1.82) is 0 Å². The number of aromatic nitrogens is 1. The van der Waals surface area contributed by atoms with Crippen LogP contribution in [0.2, 0.25) is 0 Å². The molecule has 0 amide bonds. The Morgan fingerprint density at radius 3 is 2.72 bits per heavy atom. The van der Waals surface area contributed by atoms with Crippen molar-refractivity contribution in [1.82, 2.24) is 4.98 Å². The molecule has 0 radical (unpaired) electrons. The molecule has 0 aliphatic heterocycles. The number of nitrogen functional groups attached to an aromatic ring is 1. The fourth-order valence-corrected chi connectivity index (χ4v) is 1.53. The van der Waals surface area contributed by atoms with Crippen molar-refractivity contribution >= 4 is 5.69 Å². The molecular formula is C13H12F2N2O. The monoisotopic (exact) mass is 250 g/mol. The maximum Gasteiger partial charge on any atom is 0.202 e. The summed E-state index contributed by atoms with van der Waals surface area (Å²) < 4.78 is 32.0. The summed E-state index contributed by atoms with van der Waals surface area (Å²) in [6.07, 6.45) is 2.74. The third-order valence-corrected chi connectivity index (χ3v) is 2.53. The first-order chi connectivity index (χ1) is 8.59. The second-order valence-corrected chi connectivity index (χ2v) is 3.83. The zero-order valence-electron chi connectivity index (χ0n) is 9.73. The average molecular weight is 250 g/mol. The molecule has 1 heterocycles. The van der Waals surface area contributed by atoms with E-state index >= 15 is 0 Å². The fraction of sp³-hybridized carbons (Fsp3) is 0.154. The van der Waals surface area contributed by atoms with Crippen molar-refractivity contribution in [3.05, 3.63) is 53.9 Å². The molecule has 1 aromatic heterocycles. The first-order valence-electron chi connectivity index (χ1n) is 5.39. The van der Waals surface area contributed by atoms with E-state index < -0.39 is 17.7 Å². The summed E-state index contributed by atoms with van der Waals surface area (Å²) in [5.41, 5.74) is 6.38. The summed E-state index contributed by atoms with van der Waals surface area (Å²) >= 11 is 0. The van der Waals surface area contributed by atoms with Gasteiger partial charge in [-0.3, -0.25) is 4.98 Å². The second kappa shape index (κ2) is 5.00. The topological polar surface area (TPSA) is 48.1 Å². The molecule has 0 saturated heterocycles. The number of rotatable bonds is 3. The van der Waals surface area contributed by atoms with Crippen LogP contribution in [0.3, 0.4) is 0 Å². The normalized spacial score (nSPS) is 12.2. The Morgan fingerprint density at radius 2 is 2.06 bits per heavy atom. The summed E-state index contributed by atoms with van der Waals surface area (Å²) in [6.45, 7) is 1.71. The molecule has 0 bridgehead atoms. The van der Waals surface area contributed by atoms with Gasteiger partial charge in [0.05, 0.1) is 5.69 Å². The Morgan fingerprint density at radius 1 is 1.28 bits per heavy atom. The minimum Gasteiger partial charge on any atom is -0.481 e. The third kappa shape index (κ3) is 2.40. The van der Waals surface area contributed by atoms with Crippen LogP contribution in [0.5, 0.6) is 5.75 Å². The number of benzene rings is 1. The third-order valence-electron chi connectivity index (χ3n) is 2.53. The van der Waals surface area contributed by atoms with Gasteiger partial charge in [-0.25, -0.2) is 4.39 Å². The average Bonchev–Trinajstić information content (AvgIpc) is 2.40. The Balaban J connectivity index is 2.27. The van der Waals surface area contributed by atoms with Crippen molar-refractivity contribution in [3.63, 3.8) is 0 Å². The highest BCUT2D eigenvalue weighted by Crippen LogP contribution is 2.31. The smallest absolute Gasteiger partial charge is 0.202 e. The molecule has 2 aromatic rings. The molecule has 2 N–H and O–H groups in total. The minimum atomic E-state index is -1.08. The number of ether oxygens (including phenoxy) is 1. The summed E-state index contributed by atoms with van der Waals surface area (Å²) in [5, 5.41) is 0. The molecule has 18 heavy (non-hydrogen) atoms. The number of hydrogen-bond donors (Lipinski definition) is 1. The van der Waals surface area contributed by atoms with Crippen LogP contribution in [0.1, 0.15) is 18.6 Å². The van der Waals surface area contributed by atoms with Crippen LogP contribution >= 0.6 is 0 Å². The fourth-order valence-electron chi connectivity index (χ4n) is 1.53. The largest absolute Gasteiger partial charge is 0.481 e. The zero-order valence-corrected chi connectivity index (χ0v) is 9.73. The predicted molar refractivity (Wildman–Crippen MR) is 64.1 cm³/mol. The van der Waals surface area contributed by atoms with Gasteiger partial charge in [0.1, 0.15) is 6.10 Å². The SMILES string of the molecule is CC(Oc1c(N)ccc(F)c1F)c1cccnc1. The minimum absolute atomic E-state index is 0.0599. The first-order valence-corrected chi connectivity index (χ1v) is 5.39. The summed E-state index contributed by atoms with van der Waals surface area (Å²) in [4.78, 5) is 3.93. The van der Waals surface area contributed by atoms with Crippen LogP contribution in [0.15, 0.2) is 36.7 Å². The molecule has 3 nitrogen and oxygen atoms in total. The number of pyridine rings is 1. The van der Waals surface area contributed by atoms with Gasteiger partial charge in [-0.1, -0.05) is 6.07 Å². The molecule has 0 aliphatic carbocycles. The van der Waals surface area contributed by atoms with Crippen LogP contribution in [-0.2, 0) is 0 Å². The second-order valence-electron chi connectivity index (χ2n) is 3.83. The molecule has 1 aromatic carbocycles. The van der Waals surface area contributed by atoms with Crippen molar-refractivity contribution in [2.24, 2.45) is 0 Å². The Labute approximate surface area is 103 Å². The van der Waals surface area contributed by atoms with E-state index in [4.69, 9.17) is 10.5 Å². The van der Waals surface area contributed by atoms with E-state index in [1.54, 1.807) is 31.5 Å². The van der Waals surface area contributed by atoms with Crippen LogP contribution in [0.25, 0.3) is 0 Å². The highest BCUT2D eigenvalue weighted by molar-refractivity contribution is 5.53. The van der Waals surface area contributed by atoms with Gasteiger partial charge in [-0.2, -0.15) is 4.39 Å². The summed E-state index contributed by atoms with van der Waals surface area (Å²) in [5.74, 6) is -2.34. The van der Waals surface area contributed by atoms with E-state index in [2.05, 4.69) is 4.98 Å². The van der Waals surface area contributed by atoms with Crippen molar-refractivity contribution in [3.8, 4) is 5.75 Å². The number of anilines is 1. The summed E-state index contributed by atoms with van der Waals surface area (Å²) in [6, 6.07) is 5.75. The van der Waals surface area contributed by atoms with Gasteiger partial charge in [0.15, 0.2) is 11.6 Å². The lowest BCUT2D eigenvalue weighted by molar-refractivity contribution is 0.214. The van der Waals surface area contributed by atoms with Crippen molar-refractivity contribution in [2.45, 2.75) is 13.0 Å². The van der Waals surface area contributed by atoms with Crippen LogP contribution in [0, 0.1) is 11.6 Å². The molecule has 5 heteroatoms. The maximum absolute atomic E-state index is 13.5. The quantitative estimate of drug-likeness (QED) is 0.851. The van der Waals surface area contributed by atoms with Crippen LogP contribution in [0.4, 0.5) is 14.5 Å². The van der Waals surface area contributed by atoms with Gasteiger partial charge in [0.2, 0.25) is 5.82 Å². The van der Waals surface area contributed by atoms with Gasteiger partial charge in [0, 0.05) is 18.0 Å². The molecule has 1 unspecified atom stereocenters. The Kier molecular flexibility index (Phi) is 3.41. The zero-order chi connectivity index (χ0) is 13.1. The molecule has 0 spiro atoms. The van der Waals surface area contributed by atoms with Crippen molar-refractivity contribution in [2.75, 3.05) is 5.73 Å². The highest BCUT2D eigenvalue weighted by atomic mass is 19.2. The van der Waals surface area contributed by atoms with Gasteiger partial charge in [-0.05, 0) is 25.1 Å². The number of hydrogen-bond acceptors (Lipinski definition) is 3. The van der Waals surface area contributed by atoms with E-state index in [1.165, 1.54) is 6.07 Å². The molecule has 0 aliphatic rings. The number of nitrogens with two attached hydrogens (primary N) is 1. The summed E-state index contributed by atoms with van der Waals surface area (Å²) in [7, 11) is 0. The molecule has 2 rings (SSSR count). The van der Waals surface area contributed by atoms with Gasteiger partial charge >= 0.3 is 0 Å². The van der Waals surface area contributed by atoms with Gasteiger partial charge < -0.3 is 10.5 Å². The van der Waals surface area contributed by atoms with Crippen LogP contribution < -0.4 is 10.5 Å². The van der Waals surface area contributed by atoms with Crippen molar-refractivity contribution < 1.29 is 13.5 Å². The lowest BCUT2D eigenvalue weighted by atomic mass is 10.2. The molecule has 1 atom stereocenters. The molecule has 0 saturated carbocycles. The molecule has 0 fully saturated rings. The van der Waals surface area contributed by atoms with E-state index in [0.717, 1.165) is 11.6 Å². The van der Waals surface area contributed by atoms with Gasteiger partial charge in [-0.15, -0.1) is 0 Å². The maximum atomic E-state index is 13.5. The van der Waals surface area contributed by atoms with E-state index in [-0.39, 0.29) is 11.4 Å². The number of nitrogens with zero attached hydrogens (tertiary/aromatic N) is 1. The highest BCUT2D eigenvalue weighted by Gasteiger charge is 2.16. The Bertz CT molecular complexity index is 546. The lowest BCUT2D eigenvalue weighted by Crippen LogP contribution is -2.07. The lowest BCUT2D eigenvalue weighted by Gasteiger charge is -2.16. The number of halogens is 2. The van der Waals surface area contributed by atoms with E-state index in [0.29, 0.717) is 0 Å². The van der Waals surface area contributed by atoms with Crippen LogP contribution in [-0.4, -0.2) is 4.98 Å². The van der Waals surface area contributed by atoms with E-state index in [9.17, 15) is 8.78 Å². The Hall–Kier alpha value is -2.17. The molecular weight excluding hydrogens is 238 g/mol. The van der Waals surface area contributed by atoms with Gasteiger partial charge in [0.25, 0.3) is 0 Å².